The van der Waals surface area contributed by atoms with Crippen LogP contribution in [-0.4, -0.2) is 12.4 Å². The average molecular weight is 518 g/mol. The van der Waals surface area contributed by atoms with Crippen molar-refractivity contribution in [2.24, 2.45) is 0 Å². The smallest absolute Gasteiger partial charge is 0.411 e. The summed E-state index contributed by atoms with van der Waals surface area (Å²) in [5.74, 6) is 0.548. The standard InChI is InChI=1S/C27H20F6N2O2/c28-26(29,30)25(27(31,32)33,17-8-12-20(13-9-17)36-22-5-3-4-19(34)16-22)18-10-14-21(15-11-18)37-24-7-2-1-6-23(24)35/h1-16H,34-35H2. The lowest BCUT2D eigenvalue weighted by Gasteiger charge is -2.38. The molecular weight excluding hydrogens is 498 g/mol. The quantitative estimate of drug-likeness (QED) is 0.202. The normalized spacial score (nSPS) is 12.3. The van der Waals surface area contributed by atoms with Gasteiger partial charge in [-0.15, -0.1) is 0 Å². The van der Waals surface area contributed by atoms with Crippen LogP contribution in [0.15, 0.2) is 97.1 Å². The molecule has 0 aliphatic carbocycles. The van der Waals surface area contributed by atoms with E-state index < -0.39 is 28.9 Å². The lowest BCUT2D eigenvalue weighted by Crippen LogP contribution is -2.54. The van der Waals surface area contributed by atoms with Gasteiger partial charge in [0.1, 0.15) is 23.0 Å². The van der Waals surface area contributed by atoms with Crippen molar-refractivity contribution in [2.45, 2.75) is 17.8 Å². The van der Waals surface area contributed by atoms with Crippen molar-refractivity contribution in [3.05, 3.63) is 108 Å². The largest absolute Gasteiger partial charge is 0.457 e. The van der Waals surface area contributed by atoms with Gasteiger partial charge in [-0.1, -0.05) is 42.5 Å². The highest BCUT2D eigenvalue weighted by atomic mass is 19.4. The minimum Gasteiger partial charge on any atom is -0.457 e. The molecular formula is C27H20F6N2O2. The molecule has 0 amide bonds. The van der Waals surface area contributed by atoms with Gasteiger partial charge in [0.15, 0.2) is 0 Å². The van der Waals surface area contributed by atoms with Crippen LogP contribution in [0.5, 0.6) is 23.0 Å². The third kappa shape index (κ3) is 5.00. The first-order valence-electron chi connectivity index (χ1n) is 10.8. The molecule has 37 heavy (non-hydrogen) atoms. The van der Waals surface area contributed by atoms with Crippen LogP contribution < -0.4 is 20.9 Å². The van der Waals surface area contributed by atoms with Crippen LogP contribution in [0.4, 0.5) is 37.7 Å². The van der Waals surface area contributed by atoms with Crippen molar-refractivity contribution in [3.8, 4) is 23.0 Å². The van der Waals surface area contributed by atoms with E-state index in [1.54, 1.807) is 36.4 Å². The number of alkyl halides is 6. The number of halogens is 6. The molecule has 0 heterocycles. The predicted molar refractivity (Wildman–Crippen MR) is 128 cm³/mol. The van der Waals surface area contributed by atoms with Crippen LogP contribution in [0.2, 0.25) is 0 Å². The fourth-order valence-electron chi connectivity index (χ4n) is 3.94. The summed E-state index contributed by atoms with van der Waals surface area (Å²) < 4.78 is 97.6. The molecule has 4 aromatic carbocycles. The Morgan fingerprint density at radius 3 is 1.51 bits per heavy atom. The van der Waals surface area contributed by atoms with E-state index in [4.69, 9.17) is 20.9 Å². The van der Waals surface area contributed by atoms with Gasteiger partial charge in [-0.3, -0.25) is 0 Å². The van der Waals surface area contributed by atoms with Crippen LogP contribution in [0.25, 0.3) is 0 Å². The minimum atomic E-state index is -5.73. The maximum Gasteiger partial charge on any atom is 0.411 e. The van der Waals surface area contributed by atoms with Gasteiger partial charge in [-0.2, -0.15) is 26.3 Å². The van der Waals surface area contributed by atoms with Crippen molar-refractivity contribution >= 4 is 11.4 Å². The third-order valence-electron chi connectivity index (χ3n) is 5.67. The number of nitrogen functional groups attached to an aromatic ring is 2. The van der Waals surface area contributed by atoms with E-state index in [9.17, 15) is 26.3 Å². The first-order valence-corrected chi connectivity index (χ1v) is 10.8. The highest BCUT2D eigenvalue weighted by Crippen LogP contribution is 2.56. The zero-order valence-corrected chi connectivity index (χ0v) is 19.0. The first-order chi connectivity index (χ1) is 17.4. The van der Waals surface area contributed by atoms with E-state index in [0.29, 0.717) is 5.69 Å². The first kappa shape index (κ1) is 25.7. The molecule has 192 valence electrons. The molecule has 4 aromatic rings. The van der Waals surface area contributed by atoms with E-state index in [0.717, 1.165) is 48.5 Å². The van der Waals surface area contributed by atoms with Gasteiger partial charge in [-0.25, -0.2) is 0 Å². The molecule has 0 spiro atoms. The molecule has 0 unspecified atom stereocenters. The molecule has 0 fully saturated rings. The molecule has 0 atom stereocenters. The topological polar surface area (TPSA) is 70.5 Å². The molecule has 4 rings (SSSR count). The number of rotatable bonds is 6. The van der Waals surface area contributed by atoms with Crippen molar-refractivity contribution < 1.29 is 35.8 Å². The number of anilines is 2. The second-order valence-electron chi connectivity index (χ2n) is 8.11. The summed E-state index contributed by atoms with van der Waals surface area (Å²) in [4.78, 5) is 0. The average Bonchev–Trinajstić information content (AvgIpc) is 2.81. The second-order valence-corrected chi connectivity index (χ2v) is 8.11. The lowest BCUT2D eigenvalue weighted by molar-refractivity contribution is -0.288. The molecule has 0 radical (unpaired) electrons. The minimum absolute atomic E-state index is 0.0192. The summed E-state index contributed by atoms with van der Waals surface area (Å²) in [6, 6.07) is 19.7. The van der Waals surface area contributed by atoms with Gasteiger partial charge in [0.05, 0.1) is 5.69 Å². The fourth-order valence-corrected chi connectivity index (χ4v) is 3.94. The summed E-state index contributed by atoms with van der Waals surface area (Å²) in [5, 5.41) is 0. The van der Waals surface area contributed by atoms with Crippen LogP contribution in [-0.2, 0) is 5.41 Å². The van der Waals surface area contributed by atoms with Crippen LogP contribution in [0.3, 0.4) is 0 Å². The zero-order chi connectivity index (χ0) is 26.8. The van der Waals surface area contributed by atoms with Gasteiger partial charge in [0, 0.05) is 11.8 Å². The Morgan fingerprint density at radius 1 is 0.514 bits per heavy atom. The van der Waals surface area contributed by atoms with E-state index in [1.165, 1.54) is 12.1 Å². The summed E-state index contributed by atoms with van der Waals surface area (Å²) in [6.07, 6.45) is -11.5. The number of ether oxygens (including phenoxy) is 2. The monoisotopic (exact) mass is 518 g/mol. The highest BCUT2D eigenvalue weighted by molar-refractivity contribution is 5.54. The molecule has 0 bridgehead atoms. The molecule has 0 aromatic heterocycles. The Balaban J connectivity index is 1.74. The summed E-state index contributed by atoms with van der Waals surface area (Å²) in [7, 11) is 0. The van der Waals surface area contributed by atoms with Gasteiger partial charge in [-0.05, 0) is 59.7 Å². The van der Waals surface area contributed by atoms with Crippen molar-refractivity contribution in [1.29, 1.82) is 0 Å². The SMILES string of the molecule is Nc1cccc(Oc2ccc(C(c3ccc(Oc4ccccc4N)cc3)(C(F)(F)F)C(F)(F)F)cc2)c1. The molecule has 0 aliphatic rings. The number of benzene rings is 4. The fraction of sp³-hybridized carbons (Fsp3) is 0.111. The number of hydrogen-bond acceptors (Lipinski definition) is 4. The summed E-state index contributed by atoms with van der Waals surface area (Å²) in [6.45, 7) is 0. The molecule has 0 saturated heterocycles. The van der Waals surface area contributed by atoms with Gasteiger partial charge in [0.2, 0.25) is 5.41 Å². The van der Waals surface area contributed by atoms with E-state index in [-0.39, 0.29) is 28.7 Å². The number of para-hydroxylation sites is 2. The molecule has 0 saturated carbocycles. The van der Waals surface area contributed by atoms with Crippen molar-refractivity contribution in [2.75, 3.05) is 11.5 Å². The van der Waals surface area contributed by atoms with Crippen LogP contribution in [0.1, 0.15) is 11.1 Å². The molecule has 0 aliphatic heterocycles. The number of hydrogen-bond donors (Lipinski definition) is 2. The molecule has 4 N–H and O–H groups in total. The lowest BCUT2D eigenvalue weighted by atomic mass is 9.73. The van der Waals surface area contributed by atoms with E-state index >= 15 is 0 Å². The second kappa shape index (κ2) is 9.61. The Labute approximate surface area is 208 Å². The maximum absolute atomic E-state index is 14.4. The van der Waals surface area contributed by atoms with E-state index in [2.05, 4.69) is 0 Å². The van der Waals surface area contributed by atoms with Crippen LogP contribution >= 0.6 is 0 Å². The Kier molecular flexibility index (Phi) is 6.68. The van der Waals surface area contributed by atoms with Gasteiger partial charge >= 0.3 is 12.4 Å². The van der Waals surface area contributed by atoms with Gasteiger partial charge < -0.3 is 20.9 Å². The Hall–Kier alpha value is -4.34. The van der Waals surface area contributed by atoms with E-state index in [1.807, 2.05) is 0 Å². The summed E-state index contributed by atoms with van der Waals surface area (Å²) >= 11 is 0. The van der Waals surface area contributed by atoms with Crippen molar-refractivity contribution in [3.63, 3.8) is 0 Å². The molecule has 4 nitrogen and oxygen atoms in total. The van der Waals surface area contributed by atoms with Crippen molar-refractivity contribution in [1.82, 2.24) is 0 Å². The molecule has 10 heteroatoms. The summed E-state index contributed by atoms with van der Waals surface area (Å²) in [5.41, 5.74) is 5.74. The predicted octanol–water partition coefficient (Wildman–Crippen LogP) is 7.85. The van der Waals surface area contributed by atoms with Crippen LogP contribution in [0, 0.1) is 0 Å². The third-order valence-corrected chi connectivity index (χ3v) is 5.67. The zero-order valence-electron chi connectivity index (χ0n) is 19.0. The highest BCUT2D eigenvalue weighted by Gasteiger charge is 2.72. The maximum atomic E-state index is 14.4. The Bertz CT molecular complexity index is 1350. The number of nitrogens with two attached hydrogens (primary N) is 2. The Morgan fingerprint density at radius 2 is 1.03 bits per heavy atom. The van der Waals surface area contributed by atoms with Gasteiger partial charge in [0.25, 0.3) is 0 Å².